The van der Waals surface area contributed by atoms with E-state index < -0.39 is 5.91 Å². The van der Waals surface area contributed by atoms with Crippen molar-refractivity contribution in [3.8, 4) is 0 Å². The number of carbonyl (C=O) groups excluding carboxylic acids is 2. The monoisotopic (exact) mass is 354 g/mol. The zero-order valence-electron chi connectivity index (χ0n) is 14.8. The zero-order valence-corrected chi connectivity index (χ0v) is 15.7. The van der Waals surface area contributed by atoms with Crippen LogP contribution in [0.2, 0.25) is 0 Å². The van der Waals surface area contributed by atoms with E-state index in [1.807, 2.05) is 0 Å². The van der Waals surface area contributed by atoms with Gasteiger partial charge in [0, 0.05) is 6.42 Å². The van der Waals surface area contributed by atoms with Crippen LogP contribution in [0.15, 0.2) is 5.03 Å². The second kappa shape index (κ2) is 11.1. The van der Waals surface area contributed by atoms with Gasteiger partial charge in [0.05, 0.1) is 0 Å². The van der Waals surface area contributed by atoms with Gasteiger partial charge in [-0.05, 0) is 12.7 Å². The van der Waals surface area contributed by atoms with Crippen molar-refractivity contribution in [2.45, 2.75) is 76.2 Å². The summed E-state index contributed by atoms with van der Waals surface area (Å²) in [6, 6.07) is 0. The Morgan fingerprint density at radius 1 is 1.04 bits per heavy atom. The van der Waals surface area contributed by atoms with Crippen LogP contribution in [0.25, 0.3) is 0 Å². The fraction of sp³-hybridized carbons (Fsp3) is 0.706. The summed E-state index contributed by atoms with van der Waals surface area (Å²) in [4.78, 5) is 23.7. The van der Waals surface area contributed by atoms with Crippen LogP contribution in [0, 0.1) is 0 Å². The van der Waals surface area contributed by atoms with Crippen molar-refractivity contribution in [3.05, 3.63) is 5.56 Å². The van der Waals surface area contributed by atoms with Crippen LogP contribution in [-0.2, 0) is 0 Å². The van der Waals surface area contributed by atoms with E-state index in [0.29, 0.717) is 11.4 Å². The van der Waals surface area contributed by atoms with Crippen molar-refractivity contribution in [1.29, 1.82) is 0 Å². The summed E-state index contributed by atoms with van der Waals surface area (Å²) in [7, 11) is 0. The first-order chi connectivity index (χ1) is 11.5. The molecule has 1 amide bonds. The van der Waals surface area contributed by atoms with Crippen molar-refractivity contribution in [1.82, 2.24) is 9.78 Å². The predicted octanol–water partition coefficient (Wildman–Crippen LogP) is 3.85. The van der Waals surface area contributed by atoms with Crippen LogP contribution in [0.4, 0.5) is 5.82 Å². The zero-order chi connectivity index (χ0) is 17.9. The molecule has 0 aliphatic heterocycles. The number of carbonyl (C=O) groups is 2. The van der Waals surface area contributed by atoms with Crippen molar-refractivity contribution in [2.75, 3.05) is 12.0 Å². The van der Waals surface area contributed by atoms with Crippen LogP contribution < -0.4 is 11.5 Å². The summed E-state index contributed by atoms with van der Waals surface area (Å²) in [5.41, 5.74) is 11.3. The van der Waals surface area contributed by atoms with Gasteiger partial charge < -0.3 is 11.5 Å². The van der Waals surface area contributed by atoms with E-state index in [-0.39, 0.29) is 17.3 Å². The molecule has 0 spiro atoms. The van der Waals surface area contributed by atoms with Crippen molar-refractivity contribution in [2.24, 2.45) is 5.73 Å². The number of hydrogen-bond donors (Lipinski definition) is 2. The molecule has 0 unspecified atom stereocenters. The second-order valence-corrected chi connectivity index (χ2v) is 6.81. The van der Waals surface area contributed by atoms with Crippen LogP contribution in [-0.4, -0.2) is 27.9 Å². The molecule has 0 radical (unpaired) electrons. The number of nitrogen functional groups attached to an aromatic ring is 1. The van der Waals surface area contributed by atoms with Gasteiger partial charge in [-0.1, -0.05) is 58.3 Å². The lowest BCUT2D eigenvalue weighted by molar-refractivity contribution is 0.0884. The number of hydrogen-bond acceptors (Lipinski definition) is 5. The third kappa shape index (κ3) is 6.19. The van der Waals surface area contributed by atoms with E-state index in [0.717, 1.165) is 23.9 Å². The number of rotatable bonds is 12. The molecule has 0 saturated carbocycles. The lowest BCUT2D eigenvalue weighted by Crippen LogP contribution is -2.17. The fourth-order valence-corrected chi connectivity index (χ4v) is 3.24. The van der Waals surface area contributed by atoms with Gasteiger partial charge in [-0.25, -0.2) is 0 Å². The average molecular weight is 355 g/mol. The average Bonchev–Trinajstić information content (AvgIpc) is 2.90. The van der Waals surface area contributed by atoms with E-state index in [1.165, 1.54) is 50.3 Å². The van der Waals surface area contributed by atoms with E-state index in [2.05, 4.69) is 12.0 Å². The minimum Gasteiger partial charge on any atom is -0.383 e. The number of amides is 1. The van der Waals surface area contributed by atoms with Crippen molar-refractivity contribution in [3.63, 3.8) is 0 Å². The molecular weight excluding hydrogens is 324 g/mol. The molecule has 7 heteroatoms. The second-order valence-electron chi connectivity index (χ2n) is 6.02. The van der Waals surface area contributed by atoms with Gasteiger partial charge in [-0.2, -0.15) is 9.78 Å². The van der Waals surface area contributed by atoms with Crippen LogP contribution in [0.1, 0.15) is 86.3 Å². The summed E-state index contributed by atoms with van der Waals surface area (Å²) in [5, 5.41) is 4.51. The topological polar surface area (TPSA) is 104 Å². The number of unbranched alkanes of at least 4 members (excludes halogenated alkanes) is 8. The minimum absolute atomic E-state index is 0.0489. The number of primary amides is 1. The maximum absolute atomic E-state index is 12.2. The largest absolute Gasteiger partial charge is 0.383 e. The molecule has 4 N–H and O–H groups in total. The van der Waals surface area contributed by atoms with E-state index >= 15 is 0 Å². The first kappa shape index (κ1) is 20.5. The van der Waals surface area contributed by atoms with Crippen LogP contribution in [0.5, 0.6) is 0 Å². The van der Waals surface area contributed by atoms with Gasteiger partial charge in [0.1, 0.15) is 16.4 Å². The molecule has 0 atom stereocenters. The quantitative estimate of drug-likeness (QED) is 0.438. The molecule has 0 saturated heterocycles. The fourth-order valence-electron chi connectivity index (χ4n) is 2.67. The number of anilines is 1. The van der Waals surface area contributed by atoms with Crippen molar-refractivity contribution < 1.29 is 9.59 Å². The SMILES string of the molecule is CCCCCCCCCCCC(=O)n1nc(SC)c(C(N)=O)c1N. The standard InChI is InChI=1S/C17H30N4O2S/c1-3-4-5-6-7-8-9-10-11-12-13(22)21-15(18)14(16(19)23)17(20-21)24-2/h3-12,18H2,1-2H3,(H2,19,23). The Balaban J connectivity index is 2.35. The molecule has 1 aromatic heterocycles. The van der Waals surface area contributed by atoms with E-state index in [1.54, 1.807) is 6.26 Å². The molecule has 1 rings (SSSR count). The molecular formula is C17H30N4O2S. The highest BCUT2D eigenvalue weighted by molar-refractivity contribution is 7.98. The lowest BCUT2D eigenvalue weighted by atomic mass is 10.1. The van der Waals surface area contributed by atoms with Crippen LogP contribution >= 0.6 is 11.8 Å². The highest BCUT2D eigenvalue weighted by Gasteiger charge is 2.22. The molecule has 1 heterocycles. The van der Waals surface area contributed by atoms with Gasteiger partial charge in [-0.3, -0.25) is 9.59 Å². The molecule has 1 aromatic rings. The Morgan fingerprint density at radius 3 is 2.04 bits per heavy atom. The summed E-state index contributed by atoms with van der Waals surface area (Å²) < 4.78 is 1.12. The maximum Gasteiger partial charge on any atom is 0.255 e. The Labute approximate surface area is 148 Å². The smallest absolute Gasteiger partial charge is 0.255 e. The minimum atomic E-state index is -0.654. The Kier molecular flexibility index (Phi) is 9.52. The molecule has 0 fully saturated rings. The first-order valence-corrected chi connectivity index (χ1v) is 10.0. The number of nitrogens with zero attached hydrogens (tertiary/aromatic N) is 2. The Morgan fingerprint density at radius 2 is 1.58 bits per heavy atom. The maximum atomic E-state index is 12.2. The van der Waals surface area contributed by atoms with Gasteiger partial charge in [0.15, 0.2) is 0 Å². The first-order valence-electron chi connectivity index (χ1n) is 8.78. The highest BCUT2D eigenvalue weighted by Crippen LogP contribution is 2.24. The Bertz CT molecular complexity index is 543. The summed E-state index contributed by atoms with van der Waals surface area (Å²) >= 11 is 1.25. The van der Waals surface area contributed by atoms with Gasteiger partial charge in [0.2, 0.25) is 5.91 Å². The van der Waals surface area contributed by atoms with Gasteiger partial charge in [-0.15, -0.1) is 11.8 Å². The normalized spacial score (nSPS) is 10.9. The molecule has 0 bridgehead atoms. The Hall–Kier alpha value is -1.50. The molecule has 0 aromatic carbocycles. The van der Waals surface area contributed by atoms with Crippen LogP contribution in [0.3, 0.4) is 0 Å². The third-order valence-corrected chi connectivity index (χ3v) is 4.73. The lowest BCUT2D eigenvalue weighted by Gasteiger charge is -2.04. The van der Waals surface area contributed by atoms with Gasteiger partial charge in [0.25, 0.3) is 5.91 Å². The number of thioether (sulfide) groups is 1. The molecule has 0 aliphatic carbocycles. The summed E-state index contributed by atoms with van der Waals surface area (Å²) in [6.07, 6.45) is 12.9. The van der Waals surface area contributed by atoms with E-state index in [9.17, 15) is 9.59 Å². The number of nitrogens with two attached hydrogens (primary N) is 2. The summed E-state index contributed by atoms with van der Waals surface area (Å²) in [5.74, 6) is -0.787. The summed E-state index contributed by atoms with van der Waals surface area (Å²) in [6.45, 7) is 2.22. The van der Waals surface area contributed by atoms with Gasteiger partial charge >= 0.3 is 0 Å². The predicted molar refractivity (Wildman–Crippen MR) is 99.4 cm³/mol. The molecule has 6 nitrogen and oxygen atoms in total. The van der Waals surface area contributed by atoms with Crippen molar-refractivity contribution >= 4 is 29.4 Å². The van der Waals surface area contributed by atoms with E-state index in [4.69, 9.17) is 11.5 Å². The number of aromatic nitrogens is 2. The third-order valence-electron chi connectivity index (χ3n) is 4.06. The molecule has 0 aliphatic rings. The highest BCUT2D eigenvalue weighted by atomic mass is 32.2. The molecule has 24 heavy (non-hydrogen) atoms. The molecule has 136 valence electrons.